The van der Waals surface area contributed by atoms with E-state index in [9.17, 15) is 24.3 Å². The van der Waals surface area contributed by atoms with Crippen LogP contribution in [0.2, 0.25) is 0 Å². The summed E-state index contributed by atoms with van der Waals surface area (Å²) < 4.78 is 12.6. The van der Waals surface area contributed by atoms with E-state index in [1.165, 1.54) is 0 Å². The summed E-state index contributed by atoms with van der Waals surface area (Å²) in [4.78, 5) is 59.3. The van der Waals surface area contributed by atoms with Gasteiger partial charge in [-0.3, -0.25) is 19.2 Å². The number of ether oxygens (including phenoxy) is 2. The third-order valence-corrected chi connectivity index (χ3v) is 9.91. The molecule has 2 N–H and O–H groups in total. The quantitative estimate of drug-likeness (QED) is 0.290. The van der Waals surface area contributed by atoms with E-state index in [0.29, 0.717) is 25.8 Å². The van der Waals surface area contributed by atoms with Gasteiger partial charge in [0.05, 0.1) is 18.6 Å². The number of aliphatic hydroxyl groups excluding tert-OH is 1. The van der Waals surface area contributed by atoms with Crippen LogP contribution in [0.15, 0.2) is 54.6 Å². The second kappa shape index (κ2) is 13.2. The fraction of sp³-hybridized carbons (Fsp3) is 0.588. The number of nitrogens with one attached hydrogen (secondary N) is 1. The van der Waals surface area contributed by atoms with E-state index in [1.807, 2.05) is 53.5 Å². The summed E-state index contributed by atoms with van der Waals surface area (Å²) >= 11 is 0. The van der Waals surface area contributed by atoms with Crippen molar-refractivity contribution in [2.75, 3.05) is 26.2 Å². The largest absolute Gasteiger partial charge is 0.455 e. The first-order valence-electron chi connectivity index (χ1n) is 16.2. The number of hydrogen-bond donors (Lipinski definition) is 2. The Morgan fingerprint density at radius 1 is 0.977 bits per heavy atom. The zero-order valence-electron chi connectivity index (χ0n) is 25.1. The number of carbonyl (C=O) groups is 4. The molecule has 2 saturated heterocycles. The summed E-state index contributed by atoms with van der Waals surface area (Å²) in [6, 6.07) is 8.34. The van der Waals surface area contributed by atoms with E-state index < -0.39 is 41.7 Å². The second-order valence-corrected chi connectivity index (χ2v) is 12.6. The van der Waals surface area contributed by atoms with Crippen molar-refractivity contribution in [1.29, 1.82) is 0 Å². The predicted molar refractivity (Wildman–Crippen MR) is 161 cm³/mol. The molecule has 6 atom stereocenters. The van der Waals surface area contributed by atoms with Gasteiger partial charge in [0.15, 0.2) is 0 Å². The number of likely N-dealkylation sites (tertiary alicyclic amines) is 1. The molecule has 5 bridgehead atoms. The Kier molecular flexibility index (Phi) is 9.18. The SMILES string of the molecule is O=C1CC/C=C\CN(C2CCCCC2)C(=O)[C@H]2N(CCCCO)C(=O)[C@@H]3[C@@H](C(=O)O[C@@H](c4ccccc4)CN1)[C@H]1C=C[C@]32O1. The van der Waals surface area contributed by atoms with Crippen molar-refractivity contribution in [3.05, 3.63) is 60.2 Å². The Morgan fingerprint density at radius 3 is 2.55 bits per heavy atom. The Morgan fingerprint density at radius 2 is 1.77 bits per heavy atom. The lowest BCUT2D eigenvalue weighted by Crippen LogP contribution is -2.58. The molecule has 3 amide bonds. The highest BCUT2D eigenvalue weighted by Gasteiger charge is 2.73. The second-order valence-electron chi connectivity index (χ2n) is 12.6. The van der Waals surface area contributed by atoms with Gasteiger partial charge in [-0.2, -0.15) is 0 Å². The van der Waals surface area contributed by atoms with Crippen molar-refractivity contribution in [1.82, 2.24) is 15.1 Å². The summed E-state index contributed by atoms with van der Waals surface area (Å²) in [5.74, 6) is -3.04. The van der Waals surface area contributed by atoms with Gasteiger partial charge < -0.3 is 29.7 Å². The van der Waals surface area contributed by atoms with Crippen molar-refractivity contribution in [2.24, 2.45) is 11.8 Å². The standard InChI is InChI=1S/C34H43N3O7/c38-21-11-10-20-37-30-32(41)36(24-14-6-2-7-15-24)19-9-3-8-16-27(39)35-22-26(23-12-4-1-5-13-23)43-33(42)28-25-17-18-34(30,44-25)29(28)31(37)40/h1,3-5,9,12-13,17-18,24-26,28-30,38H,2,6-8,10-11,14-16,19-22H2,(H,35,39)/b9-3-/t25-,26-,28+,29+,30-,34+/m1/s1. The molecule has 1 aromatic rings. The molecule has 6 rings (SSSR count). The summed E-state index contributed by atoms with van der Waals surface area (Å²) in [5.41, 5.74) is -0.546. The molecule has 5 aliphatic rings. The number of amides is 3. The lowest BCUT2D eigenvalue weighted by atomic mass is 9.74. The molecule has 1 saturated carbocycles. The van der Waals surface area contributed by atoms with Crippen LogP contribution in [-0.4, -0.2) is 88.6 Å². The number of fused-ring (bicyclic) bond motifs is 2. The van der Waals surface area contributed by atoms with Gasteiger partial charge in [0.1, 0.15) is 23.7 Å². The topological polar surface area (TPSA) is 125 Å². The minimum absolute atomic E-state index is 0.0148. The van der Waals surface area contributed by atoms with Crippen LogP contribution in [0.3, 0.4) is 0 Å². The van der Waals surface area contributed by atoms with E-state index in [1.54, 1.807) is 11.0 Å². The molecule has 0 unspecified atom stereocenters. The Labute approximate surface area is 258 Å². The van der Waals surface area contributed by atoms with E-state index >= 15 is 0 Å². The highest BCUT2D eigenvalue weighted by atomic mass is 16.6. The van der Waals surface area contributed by atoms with E-state index in [-0.39, 0.29) is 49.9 Å². The van der Waals surface area contributed by atoms with Gasteiger partial charge in [-0.1, -0.05) is 73.9 Å². The third kappa shape index (κ3) is 5.70. The number of carbonyl (C=O) groups excluding carboxylic acids is 4. The summed E-state index contributed by atoms with van der Waals surface area (Å²) in [6.45, 7) is 0.736. The van der Waals surface area contributed by atoms with Crippen molar-refractivity contribution in [2.45, 2.75) is 87.7 Å². The molecule has 4 aliphatic heterocycles. The Hall–Kier alpha value is -3.50. The van der Waals surface area contributed by atoms with Crippen molar-refractivity contribution in [3.63, 3.8) is 0 Å². The predicted octanol–water partition coefficient (Wildman–Crippen LogP) is 2.82. The molecule has 1 aliphatic carbocycles. The van der Waals surface area contributed by atoms with Crippen LogP contribution in [0.4, 0.5) is 0 Å². The fourth-order valence-corrected chi connectivity index (χ4v) is 7.75. The van der Waals surface area contributed by atoms with Crippen LogP contribution in [0, 0.1) is 11.8 Å². The minimum Gasteiger partial charge on any atom is -0.455 e. The lowest BCUT2D eigenvalue weighted by Gasteiger charge is -2.40. The zero-order valence-corrected chi connectivity index (χ0v) is 25.1. The highest BCUT2D eigenvalue weighted by Crippen LogP contribution is 2.56. The molecular formula is C34H43N3O7. The summed E-state index contributed by atoms with van der Waals surface area (Å²) in [7, 11) is 0. The molecular weight excluding hydrogens is 562 g/mol. The first-order chi connectivity index (χ1) is 21.4. The molecule has 10 heteroatoms. The molecule has 0 radical (unpaired) electrons. The van der Waals surface area contributed by atoms with Crippen LogP contribution in [0.5, 0.6) is 0 Å². The molecule has 1 spiro atoms. The fourth-order valence-electron chi connectivity index (χ4n) is 7.75. The first kappa shape index (κ1) is 30.5. The normalized spacial score (nSPS) is 33.8. The van der Waals surface area contributed by atoms with Crippen LogP contribution >= 0.6 is 0 Å². The first-order valence-corrected chi connectivity index (χ1v) is 16.2. The average molecular weight is 606 g/mol. The highest BCUT2D eigenvalue weighted by molar-refractivity contribution is 5.99. The Bertz CT molecular complexity index is 1290. The molecule has 0 aromatic heterocycles. The number of cyclic esters (lactones) is 1. The maximum absolute atomic E-state index is 14.7. The van der Waals surface area contributed by atoms with Gasteiger partial charge >= 0.3 is 5.97 Å². The van der Waals surface area contributed by atoms with E-state index in [2.05, 4.69) is 5.32 Å². The number of nitrogens with zero attached hydrogens (tertiary/aromatic N) is 2. The molecule has 236 valence electrons. The summed E-state index contributed by atoms with van der Waals surface area (Å²) in [6.07, 6.45) is 12.8. The lowest BCUT2D eigenvalue weighted by molar-refractivity contribution is -0.160. The van der Waals surface area contributed by atoms with E-state index in [4.69, 9.17) is 9.47 Å². The number of unbranched alkanes of at least 4 members (excludes halogenated alkanes) is 1. The maximum atomic E-state index is 14.7. The number of esters is 1. The van der Waals surface area contributed by atoms with Gasteiger partial charge in [-0.15, -0.1) is 0 Å². The Balaban J connectivity index is 1.39. The molecule has 1 aromatic carbocycles. The molecule has 3 fully saturated rings. The van der Waals surface area contributed by atoms with Gasteiger partial charge in [0, 0.05) is 32.2 Å². The number of rotatable bonds is 6. The number of benzene rings is 1. The monoisotopic (exact) mass is 605 g/mol. The van der Waals surface area contributed by atoms with Gasteiger partial charge in [-0.25, -0.2) is 0 Å². The number of allylic oxidation sites excluding steroid dienone is 1. The average Bonchev–Trinajstić information content (AvgIpc) is 3.68. The molecule has 4 heterocycles. The van der Waals surface area contributed by atoms with Gasteiger partial charge in [0.2, 0.25) is 17.7 Å². The number of aliphatic hydroxyl groups is 1. The van der Waals surface area contributed by atoms with E-state index in [0.717, 1.165) is 37.7 Å². The van der Waals surface area contributed by atoms with Crippen molar-refractivity contribution >= 4 is 23.7 Å². The van der Waals surface area contributed by atoms with Crippen LogP contribution < -0.4 is 5.32 Å². The molecule has 10 nitrogen and oxygen atoms in total. The van der Waals surface area contributed by atoms with Crippen LogP contribution in [-0.2, 0) is 28.7 Å². The summed E-state index contributed by atoms with van der Waals surface area (Å²) in [5, 5.41) is 12.4. The van der Waals surface area contributed by atoms with Gasteiger partial charge in [-0.05, 0) is 37.7 Å². The van der Waals surface area contributed by atoms with Crippen LogP contribution in [0.1, 0.15) is 69.5 Å². The third-order valence-electron chi connectivity index (χ3n) is 9.91. The number of hydrogen-bond acceptors (Lipinski definition) is 7. The van der Waals surface area contributed by atoms with Gasteiger partial charge in [0.25, 0.3) is 0 Å². The smallest absolute Gasteiger partial charge is 0.313 e. The maximum Gasteiger partial charge on any atom is 0.313 e. The van der Waals surface area contributed by atoms with Crippen LogP contribution in [0.25, 0.3) is 0 Å². The zero-order chi connectivity index (χ0) is 30.7. The van der Waals surface area contributed by atoms with Crippen molar-refractivity contribution in [3.8, 4) is 0 Å². The van der Waals surface area contributed by atoms with Crippen molar-refractivity contribution < 1.29 is 33.8 Å². The minimum atomic E-state index is -1.28. The molecule has 44 heavy (non-hydrogen) atoms.